The maximum atomic E-state index is 12.6. The summed E-state index contributed by atoms with van der Waals surface area (Å²) in [5, 5.41) is 9.25. The second kappa shape index (κ2) is 3.30. The third-order valence-electron chi connectivity index (χ3n) is 2.36. The maximum Gasteiger partial charge on any atom is 0.123 e. The Hall–Kier alpha value is -1.15. The van der Waals surface area contributed by atoms with Gasteiger partial charge in [0.15, 0.2) is 0 Å². The molecule has 0 bridgehead atoms. The predicted molar refractivity (Wildman–Crippen MR) is 48.9 cm³/mol. The van der Waals surface area contributed by atoms with E-state index in [2.05, 4.69) is 0 Å². The van der Waals surface area contributed by atoms with E-state index < -0.39 is 0 Å². The highest BCUT2D eigenvalue weighted by molar-refractivity contribution is 5.27. The van der Waals surface area contributed by atoms with Crippen LogP contribution >= 0.6 is 0 Å². The first kappa shape index (κ1) is 8.45. The van der Waals surface area contributed by atoms with E-state index in [0.29, 0.717) is 6.42 Å². The smallest absolute Gasteiger partial charge is 0.123 e. The Kier molecular flexibility index (Phi) is 2.15. The van der Waals surface area contributed by atoms with Crippen LogP contribution in [0.15, 0.2) is 36.4 Å². The first-order chi connectivity index (χ1) is 6.25. The molecular weight excluding hydrogens is 167 g/mol. The number of halogens is 1. The van der Waals surface area contributed by atoms with Gasteiger partial charge in [0.25, 0.3) is 0 Å². The molecule has 13 heavy (non-hydrogen) atoms. The Morgan fingerprint density at radius 3 is 2.38 bits per heavy atom. The molecule has 0 aliphatic heterocycles. The Morgan fingerprint density at radius 1 is 1.15 bits per heavy atom. The van der Waals surface area contributed by atoms with Crippen LogP contribution in [0.2, 0.25) is 0 Å². The highest BCUT2D eigenvalue weighted by Crippen LogP contribution is 2.28. The van der Waals surface area contributed by atoms with Crippen molar-refractivity contribution in [1.82, 2.24) is 0 Å². The summed E-state index contributed by atoms with van der Waals surface area (Å²) >= 11 is 0. The van der Waals surface area contributed by atoms with Crippen LogP contribution in [-0.4, -0.2) is 11.2 Å². The third kappa shape index (κ3) is 1.78. The van der Waals surface area contributed by atoms with Crippen molar-refractivity contribution in [2.24, 2.45) is 0 Å². The van der Waals surface area contributed by atoms with Gasteiger partial charge in [-0.15, -0.1) is 0 Å². The molecule has 1 nitrogen and oxygen atoms in total. The second-order valence-corrected chi connectivity index (χ2v) is 3.35. The molecule has 0 fully saturated rings. The van der Waals surface area contributed by atoms with Gasteiger partial charge in [0.2, 0.25) is 0 Å². The monoisotopic (exact) mass is 178 g/mol. The van der Waals surface area contributed by atoms with Crippen LogP contribution in [0.4, 0.5) is 4.39 Å². The normalized spacial score (nSPS) is 26.6. The van der Waals surface area contributed by atoms with Crippen LogP contribution in [0.3, 0.4) is 0 Å². The molecule has 1 N–H and O–H groups in total. The van der Waals surface area contributed by atoms with Crippen molar-refractivity contribution in [2.45, 2.75) is 18.4 Å². The average Bonchev–Trinajstić information content (AvgIpc) is 2.53. The fraction of sp³-hybridized carbons (Fsp3) is 0.273. The van der Waals surface area contributed by atoms with E-state index >= 15 is 0 Å². The zero-order valence-corrected chi connectivity index (χ0v) is 7.15. The number of hydrogen-bond acceptors (Lipinski definition) is 1. The molecule has 2 heteroatoms. The number of aliphatic hydroxyl groups excluding tert-OH is 1. The van der Waals surface area contributed by atoms with Gasteiger partial charge in [0, 0.05) is 5.92 Å². The van der Waals surface area contributed by atoms with Crippen molar-refractivity contribution < 1.29 is 9.50 Å². The molecule has 0 radical (unpaired) electrons. The lowest BCUT2D eigenvalue weighted by molar-refractivity contribution is 0.218. The minimum absolute atomic E-state index is 0.216. The summed E-state index contributed by atoms with van der Waals surface area (Å²) in [6.07, 6.45) is 4.13. The molecule has 2 rings (SSSR count). The average molecular weight is 178 g/mol. The summed E-state index contributed by atoms with van der Waals surface area (Å²) in [6, 6.07) is 6.44. The maximum absolute atomic E-state index is 12.6. The van der Waals surface area contributed by atoms with Gasteiger partial charge in [-0.2, -0.15) is 0 Å². The molecule has 1 aliphatic rings. The van der Waals surface area contributed by atoms with Gasteiger partial charge in [-0.25, -0.2) is 4.39 Å². The van der Waals surface area contributed by atoms with Crippen molar-refractivity contribution in [3.63, 3.8) is 0 Å². The second-order valence-electron chi connectivity index (χ2n) is 3.35. The largest absolute Gasteiger partial charge is 0.389 e. The number of allylic oxidation sites excluding steroid dienone is 1. The van der Waals surface area contributed by atoms with Crippen molar-refractivity contribution in [1.29, 1.82) is 0 Å². The molecule has 68 valence electrons. The van der Waals surface area contributed by atoms with Crippen LogP contribution in [-0.2, 0) is 0 Å². The van der Waals surface area contributed by atoms with Crippen LogP contribution < -0.4 is 0 Å². The van der Waals surface area contributed by atoms with Gasteiger partial charge in [0.05, 0.1) is 6.10 Å². The summed E-state index contributed by atoms with van der Waals surface area (Å²) in [5.41, 5.74) is 1.06. The van der Waals surface area contributed by atoms with E-state index in [0.717, 1.165) is 5.56 Å². The van der Waals surface area contributed by atoms with Crippen LogP contribution in [0, 0.1) is 5.82 Å². The molecule has 2 unspecified atom stereocenters. The first-order valence-electron chi connectivity index (χ1n) is 4.37. The van der Waals surface area contributed by atoms with Gasteiger partial charge >= 0.3 is 0 Å². The molecule has 0 saturated heterocycles. The van der Waals surface area contributed by atoms with Gasteiger partial charge in [0.1, 0.15) is 5.82 Å². The summed E-state index contributed by atoms with van der Waals surface area (Å²) in [4.78, 5) is 0. The predicted octanol–water partition coefficient (Wildman–Crippen LogP) is 2.23. The van der Waals surface area contributed by atoms with E-state index in [1.165, 1.54) is 12.1 Å². The lowest BCUT2D eigenvalue weighted by atomic mass is 9.98. The van der Waals surface area contributed by atoms with Gasteiger partial charge < -0.3 is 5.11 Å². The summed E-state index contributed by atoms with van der Waals surface area (Å²) in [6.45, 7) is 0. The molecule has 1 aliphatic carbocycles. The number of hydrogen-bond donors (Lipinski definition) is 1. The highest BCUT2D eigenvalue weighted by atomic mass is 19.1. The molecule has 1 aromatic carbocycles. The van der Waals surface area contributed by atoms with Crippen molar-refractivity contribution in [3.05, 3.63) is 47.8 Å². The SMILES string of the molecule is OC1C=CC(c2ccc(F)cc2)C1. The summed E-state index contributed by atoms with van der Waals surface area (Å²) in [5.74, 6) is 0.0295. The highest BCUT2D eigenvalue weighted by Gasteiger charge is 2.17. The molecule has 0 amide bonds. The lowest BCUT2D eigenvalue weighted by Crippen LogP contribution is -2.00. The molecule has 1 aromatic rings. The number of aliphatic hydroxyl groups is 1. The van der Waals surface area contributed by atoms with Gasteiger partial charge in [-0.05, 0) is 24.1 Å². The Morgan fingerprint density at radius 2 is 1.85 bits per heavy atom. The van der Waals surface area contributed by atoms with Crippen LogP contribution in [0.1, 0.15) is 17.9 Å². The summed E-state index contributed by atoms with van der Waals surface area (Å²) in [7, 11) is 0. The third-order valence-corrected chi connectivity index (χ3v) is 2.36. The molecule has 0 spiro atoms. The van der Waals surface area contributed by atoms with E-state index in [9.17, 15) is 9.50 Å². The standard InChI is InChI=1S/C11H11FO/c12-10-4-1-8(2-5-10)9-3-6-11(13)7-9/h1-6,9,11,13H,7H2. The van der Waals surface area contributed by atoms with Crippen LogP contribution in [0.5, 0.6) is 0 Å². The topological polar surface area (TPSA) is 20.2 Å². The minimum atomic E-state index is -0.338. The first-order valence-corrected chi connectivity index (χ1v) is 4.37. The molecule has 0 aromatic heterocycles. The molecular formula is C11H11FO. The Bertz CT molecular complexity index is 315. The van der Waals surface area contributed by atoms with E-state index in [4.69, 9.17) is 0 Å². The zero-order valence-electron chi connectivity index (χ0n) is 7.15. The summed E-state index contributed by atoms with van der Waals surface area (Å²) < 4.78 is 12.6. The molecule has 0 saturated carbocycles. The van der Waals surface area contributed by atoms with Gasteiger partial charge in [-0.3, -0.25) is 0 Å². The Balaban J connectivity index is 2.18. The van der Waals surface area contributed by atoms with E-state index in [1.54, 1.807) is 18.2 Å². The zero-order chi connectivity index (χ0) is 9.26. The van der Waals surface area contributed by atoms with Crippen LogP contribution in [0.25, 0.3) is 0 Å². The van der Waals surface area contributed by atoms with E-state index in [-0.39, 0.29) is 17.8 Å². The Labute approximate surface area is 76.5 Å². The van der Waals surface area contributed by atoms with Crippen molar-refractivity contribution in [3.8, 4) is 0 Å². The van der Waals surface area contributed by atoms with Crippen molar-refractivity contribution >= 4 is 0 Å². The fourth-order valence-corrected chi connectivity index (χ4v) is 1.64. The fourth-order valence-electron chi connectivity index (χ4n) is 1.64. The molecule has 0 heterocycles. The quantitative estimate of drug-likeness (QED) is 0.654. The molecule has 2 atom stereocenters. The lowest BCUT2D eigenvalue weighted by Gasteiger charge is -2.08. The van der Waals surface area contributed by atoms with Crippen molar-refractivity contribution in [2.75, 3.05) is 0 Å². The van der Waals surface area contributed by atoms with Gasteiger partial charge in [-0.1, -0.05) is 24.3 Å². The minimum Gasteiger partial charge on any atom is -0.389 e. The number of rotatable bonds is 1. The van der Waals surface area contributed by atoms with E-state index in [1.807, 2.05) is 6.08 Å². The number of benzene rings is 1.